The molecular formula is C15H23Cl2N3. The fourth-order valence-corrected chi connectivity index (χ4v) is 2.61. The molecule has 1 aliphatic heterocycles. The van der Waals surface area contributed by atoms with E-state index >= 15 is 0 Å². The lowest BCUT2D eigenvalue weighted by Gasteiger charge is -2.35. The van der Waals surface area contributed by atoms with E-state index in [-0.39, 0.29) is 24.8 Å². The first-order valence-corrected chi connectivity index (χ1v) is 6.80. The summed E-state index contributed by atoms with van der Waals surface area (Å²) in [5.41, 5.74) is 2.09. The van der Waals surface area contributed by atoms with Crippen molar-refractivity contribution in [2.24, 2.45) is 0 Å². The minimum absolute atomic E-state index is 0. The van der Waals surface area contributed by atoms with E-state index in [1.165, 1.54) is 18.4 Å². The van der Waals surface area contributed by atoms with E-state index in [0.29, 0.717) is 6.04 Å². The Kier molecular flexibility index (Phi) is 9.62. The summed E-state index contributed by atoms with van der Waals surface area (Å²) in [4.78, 5) is 2.56. The van der Waals surface area contributed by atoms with Crippen LogP contribution in [-0.4, -0.2) is 31.1 Å². The number of nitriles is 1. The van der Waals surface area contributed by atoms with Crippen LogP contribution in [0.4, 0.5) is 0 Å². The van der Waals surface area contributed by atoms with Crippen molar-refractivity contribution in [1.29, 1.82) is 5.26 Å². The third-order valence-electron chi connectivity index (χ3n) is 3.58. The summed E-state index contributed by atoms with van der Waals surface area (Å²) in [6.45, 7) is 6.63. The second-order valence-electron chi connectivity index (χ2n) is 4.82. The van der Waals surface area contributed by atoms with Gasteiger partial charge in [-0.15, -0.1) is 24.8 Å². The van der Waals surface area contributed by atoms with Gasteiger partial charge in [0, 0.05) is 32.2 Å². The first-order valence-electron chi connectivity index (χ1n) is 6.80. The molecule has 0 bridgehead atoms. The minimum atomic E-state index is 0. The molecule has 1 aromatic rings. The maximum Gasteiger partial charge on any atom is 0.0991 e. The fourth-order valence-electron chi connectivity index (χ4n) is 2.61. The Morgan fingerprint density at radius 2 is 1.80 bits per heavy atom. The van der Waals surface area contributed by atoms with Gasteiger partial charge < -0.3 is 5.32 Å². The molecule has 3 nitrogen and oxygen atoms in total. The molecule has 1 aliphatic rings. The molecule has 20 heavy (non-hydrogen) atoms. The number of rotatable bonds is 4. The summed E-state index contributed by atoms with van der Waals surface area (Å²) >= 11 is 0. The van der Waals surface area contributed by atoms with Gasteiger partial charge in [0.1, 0.15) is 0 Å². The van der Waals surface area contributed by atoms with Crippen molar-refractivity contribution in [3.63, 3.8) is 0 Å². The average Bonchev–Trinajstić information content (AvgIpc) is 2.46. The van der Waals surface area contributed by atoms with E-state index in [1.807, 2.05) is 12.1 Å². The number of nitrogens with zero attached hydrogens (tertiary/aromatic N) is 2. The number of hydrogen-bond donors (Lipinski definition) is 1. The van der Waals surface area contributed by atoms with Crippen molar-refractivity contribution >= 4 is 24.8 Å². The lowest BCUT2D eigenvalue weighted by molar-refractivity contribution is 0.164. The quantitative estimate of drug-likeness (QED) is 0.927. The monoisotopic (exact) mass is 315 g/mol. The highest BCUT2D eigenvalue weighted by Gasteiger charge is 2.21. The van der Waals surface area contributed by atoms with E-state index in [2.05, 4.69) is 35.3 Å². The van der Waals surface area contributed by atoms with Gasteiger partial charge in [0.2, 0.25) is 0 Å². The lowest BCUT2D eigenvalue weighted by Crippen LogP contribution is -2.45. The highest BCUT2D eigenvalue weighted by molar-refractivity contribution is 5.85. The molecule has 0 amide bonds. The molecule has 0 unspecified atom stereocenters. The van der Waals surface area contributed by atoms with E-state index in [9.17, 15) is 0 Å². The molecule has 0 radical (unpaired) electrons. The van der Waals surface area contributed by atoms with Crippen LogP contribution < -0.4 is 5.32 Å². The predicted molar refractivity (Wildman–Crippen MR) is 87.7 cm³/mol. The number of piperazine rings is 1. The highest BCUT2D eigenvalue weighted by atomic mass is 35.5. The van der Waals surface area contributed by atoms with Crippen molar-refractivity contribution in [3.8, 4) is 6.07 Å². The van der Waals surface area contributed by atoms with Crippen molar-refractivity contribution in [1.82, 2.24) is 10.2 Å². The average molecular weight is 316 g/mol. The molecule has 1 fully saturated rings. The Morgan fingerprint density at radius 3 is 2.30 bits per heavy atom. The standard InChI is InChI=1S/C15H21N3.2ClH/c1-2-3-15(18-10-8-17-9-11-18)14-6-4-13(12-16)5-7-14;;/h4-7,15,17H,2-3,8-11H2,1H3;2*1H/t15-;;/m0../s1. The fraction of sp³-hybridized carbons (Fsp3) is 0.533. The summed E-state index contributed by atoms with van der Waals surface area (Å²) in [6, 6.07) is 10.8. The highest BCUT2D eigenvalue weighted by Crippen LogP contribution is 2.26. The van der Waals surface area contributed by atoms with Crippen molar-refractivity contribution < 1.29 is 0 Å². The molecule has 0 spiro atoms. The zero-order valence-corrected chi connectivity index (χ0v) is 13.5. The molecular weight excluding hydrogens is 293 g/mol. The van der Waals surface area contributed by atoms with Crippen LogP contribution in [0.3, 0.4) is 0 Å². The van der Waals surface area contributed by atoms with E-state index < -0.39 is 0 Å². The first kappa shape index (κ1) is 19.2. The summed E-state index contributed by atoms with van der Waals surface area (Å²) < 4.78 is 0. The van der Waals surface area contributed by atoms with Gasteiger partial charge in [-0.2, -0.15) is 5.26 Å². The van der Waals surface area contributed by atoms with Gasteiger partial charge in [0.05, 0.1) is 11.6 Å². The van der Waals surface area contributed by atoms with Gasteiger partial charge in [-0.1, -0.05) is 25.5 Å². The SMILES string of the molecule is CCC[C@@H](c1ccc(C#N)cc1)N1CCNCC1.Cl.Cl. The smallest absolute Gasteiger partial charge is 0.0991 e. The minimum Gasteiger partial charge on any atom is -0.314 e. The Morgan fingerprint density at radius 1 is 1.20 bits per heavy atom. The lowest BCUT2D eigenvalue weighted by atomic mass is 9.99. The van der Waals surface area contributed by atoms with Crippen LogP contribution in [0.1, 0.15) is 36.9 Å². The van der Waals surface area contributed by atoms with Gasteiger partial charge in [0.25, 0.3) is 0 Å². The summed E-state index contributed by atoms with van der Waals surface area (Å²) in [5, 5.41) is 12.2. The van der Waals surface area contributed by atoms with Crippen LogP contribution in [0.15, 0.2) is 24.3 Å². The number of nitrogens with one attached hydrogen (secondary N) is 1. The zero-order chi connectivity index (χ0) is 12.8. The van der Waals surface area contributed by atoms with Crippen LogP contribution in [0.2, 0.25) is 0 Å². The van der Waals surface area contributed by atoms with Gasteiger partial charge >= 0.3 is 0 Å². The van der Waals surface area contributed by atoms with Crippen LogP contribution >= 0.6 is 24.8 Å². The van der Waals surface area contributed by atoms with Crippen molar-refractivity contribution in [2.75, 3.05) is 26.2 Å². The number of benzene rings is 1. The van der Waals surface area contributed by atoms with Crippen LogP contribution in [0, 0.1) is 11.3 Å². The number of halogens is 2. The molecule has 1 atom stereocenters. The second-order valence-corrected chi connectivity index (χ2v) is 4.82. The third-order valence-corrected chi connectivity index (χ3v) is 3.58. The molecule has 1 heterocycles. The summed E-state index contributed by atoms with van der Waals surface area (Å²) in [6.07, 6.45) is 2.38. The normalized spacial score (nSPS) is 16.4. The van der Waals surface area contributed by atoms with Gasteiger partial charge in [-0.05, 0) is 24.1 Å². The Bertz CT molecular complexity index is 408. The van der Waals surface area contributed by atoms with Gasteiger partial charge in [0.15, 0.2) is 0 Å². The van der Waals surface area contributed by atoms with Crippen LogP contribution in [0.25, 0.3) is 0 Å². The maximum absolute atomic E-state index is 8.85. The molecule has 2 rings (SSSR count). The maximum atomic E-state index is 8.85. The van der Waals surface area contributed by atoms with E-state index in [1.54, 1.807) is 0 Å². The second kappa shape index (κ2) is 10.0. The Labute approximate surface area is 134 Å². The first-order chi connectivity index (χ1) is 8.85. The predicted octanol–water partition coefficient (Wildman–Crippen LogP) is 3.15. The molecule has 1 aromatic carbocycles. The van der Waals surface area contributed by atoms with Crippen LogP contribution in [0.5, 0.6) is 0 Å². The molecule has 0 saturated carbocycles. The van der Waals surface area contributed by atoms with Crippen molar-refractivity contribution in [2.45, 2.75) is 25.8 Å². The molecule has 0 aromatic heterocycles. The van der Waals surface area contributed by atoms with Crippen molar-refractivity contribution in [3.05, 3.63) is 35.4 Å². The summed E-state index contributed by atoms with van der Waals surface area (Å²) in [7, 11) is 0. The van der Waals surface area contributed by atoms with E-state index in [0.717, 1.165) is 31.7 Å². The topological polar surface area (TPSA) is 39.1 Å². The summed E-state index contributed by atoms with van der Waals surface area (Å²) in [5.74, 6) is 0. The molecule has 112 valence electrons. The third kappa shape index (κ3) is 4.96. The Hall–Kier alpha value is -0.790. The largest absolute Gasteiger partial charge is 0.314 e. The molecule has 1 saturated heterocycles. The van der Waals surface area contributed by atoms with Crippen LogP contribution in [-0.2, 0) is 0 Å². The van der Waals surface area contributed by atoms with Gasteiger partial charge in [-0.25, -0.2) is 0 Å². The number of hydrogen-bond acceptors (Lipinski definition) is 3. The zero-order valence-electron chi connectivity index (χ0n) is 11.8. The molecule has 5 heteroatoms. The Balaban J connectivity index is 0.00000180. The van der Waals surface area contributed by atoms with Gasteiger partial charge in [-0.3, -0.25) is 4.90 Å². The molecule has 1 N–H and O–H groups in total. The van der Waals surface area contributed by atoms with E-state index in [4.69, 9.17) is 5.26 Å². The molecule has 0 aliphatic carbocycles.